The highest BCUT2D eigenvalue weighted by atomic mass is 14.7. The van der Waals surface area contributed by atoms with E-state index in [0.717, 1.165) is 33.6 Å². The van der Waals surface area contributed by atoms with Crippen LogP contribution in [0.1, 0.15) is 0 Å². The van der Waals surface area contributed by atoms with Gasteiger partial charge in [-0.05, 0) is 78.9 Å². The quantitative estimate of drug-likeness (QED) is 0.155. The van der Waals surface area contributed by atoms with Gasteiger partial charge in [0.1, 0.15) is 0 Å². The van der Waals surface area contributed by atoms with E-state index in [0.29, 0.717) is 0 Å². The molecule has 1 aromatic heterocycles. The summed E-state index contributed by atoms with van der Waals surface area (Å²) in [5.74, 6) is 0. The summed E-state index contributed by atoms with van der Waals surface area (Å²) >= 11 is 0. The lowest BCUT2D eigenvalue weighted by molar-refractivity contribution is 1.32. The normalized spacial score (nSPS) is 11.0. The van der Waals surface area contributed by atoms with E-state index in [1.165, 1.54) is 55.6 Å². The Kier molecular flexibility index (Phi) is 9.03. The summed E-state index contributed by atoms with van der Waals surface area (Å²) in [4.78, 5) is 5.26. The molecule has 8 aromatic carbocycles. The van der Waals surface area contributed by atoms with Crippen molar-refractivity contribution in [2.45, 2.75) is 0 Å². The first kappa shape index (κ1) is 32.8. The molecule has 9 aromatic rings. The highest BCUT2D eigenvalue weighted by Gasteiger charge is 2.11. The molecule has 0 bridgehead atoms. The Morgan fingerprint density at radius 1 is 0.167 bits per heavy atom. The first-order valence-corrected chi connectivity index (χ1v) is 18.4. The molecule has 0 fully saturated rings. The summed E-state index contributed by atoms with van der Waals surface area (Å²) in [6.45, 7) is 0. The van der Waals surface area contributed by atoms with Gasteiger partial charge in [-0.25, -0.2) is 4.98 Å². The van der Waals surface area contributed by atoms with Crippen LogP contribution in [0.3, 0.4) is 0 Å². The molecule has 0 aliphatic rings. The van der Waals surface area contributed by atoms with Crippen LogP contribution in [0, 0.1) is 0 Å². The lowest BCUT2D eigenvalue weighted by Gasteiger charge is -2.12. The number of hydrogen-bond acceptors (Lipinski definition) is 1. The van der Waals surface area contributed by atoms with Gasteiger partial charge in [-0.15, -0.1) is 0 Å². The third kappa shape index (κ3) is 7.04. The van der Waals surface area contributed by atoms with Crippen molar-refractivity contribution in [2.24, 2.45) is 0 Å². The third-order valence-corrected chi connectivity index (χ3v) is 10.2. The van der Waals surface area contributed by atoms with Crippen molar-refractivity contribution < 1.29 is 0 Å². The van der Waals surface area contributed by atoms with Crippen LogP contribution < -0.4 is 0 Å². The van der Waals surface area contributed by atoms with Gasteiger partial charge in [0.25, 0.3) is 0 Å². The van der Waals surface area contributed by atoms with Crippen molar-refractivity contribution in [3.8, 4) is 89.3 Å². The number of hydrogen-bond donors (Lipinski definition) is 0. The molecular formula is C53H37N. The van der Waals surface area contributed by atoms with Gasteiger partial charge in [0.05, 0.1) is 11.4 Å². The molecule has 0 spiro atoms. The molecule has 1 heteroatoms. The Hall–Kier alpha value is -7.09. The minimum Gasteiger partial charge on any atom is -0.248 e. The molecule has 0 saturated heterocycles. The number of benzene rings is 8. The lowest BCUT2D eigenvalue weighted by Crippen LogP contribution is -1.92. The first-order chi connectivity index (χ1) is 26.7. The molecule has 254 valence electrons. The molecular weight excluding hydrogens is 651 g/mol. The van der Waals surface area contributed by atoms with Crippen LogP contribution >= 0.6 is 0 Å². The number of aromatic nitrogens is 1. The SMILES string of the molecule is c1ccc(-c2ccc(-c3ccc(-c4cc(-c5ccc(-c6ccccc6)cc5)cc(-c5ccc(-c6ccc(-c7ccccc7)cc6)cc5)n4)cc3)cc2)cc1. The summed E-state index contributed by atoms with van der Waals surface area (Å²) in [5.41, 5.74) is 18.4. The molecule has 0 amide bonds. The average Bonchev–Trinajstić information content (AvgIpc) is 3.27. The first-order valence-electron chi connectivity index (χ1n) is 18.4. The molecule has 0 saturated carbocycles. The number of rotatable bonds is 8. The Labute approximate surface area is 317 Å². The Bertz CT molecular complexity index is 2460. The fraction of sp³-hybridized carbons (Fsp3) is 0. The molecule has 0 atom stereocenters. The van der Waals surface area contributed by atoms with Gasteiger partial charge >= 0.3 is 0 Å². The van der Waals surface area contributed by atoms with Crippen molar-refractivity contribution in [2.75, 3.05) is 0 Å². The summed E-state index contributed by atoms with van der Waals surface area (Å²) in [6, 6.07) is 80.0. The van der Waals surface area contributed by atoms with Crippen LogP contribution in [-0.4, -0.2) is 4.98 Å². The second-order valence-corrected chi connectivity index (χ2v) is 13.6. The van der Waals surface area contributed by atoms with Gasteiger partial charge in [-0.1, -0.05) is 212 Å². The number of nitrogens with zero attached hydrogens (tertiary/aromatic N) is 1. The molecule has 0 unspecified atom stereocenters. The van der Waals surface area contributed by atoms with Crippen LogP contribution in [0.25, 0.3) is 89.3 Å². The lowest BCUT2D eigenvalue weighted by atomic mass is 9.96. The Morgan fingerprint density at radius 2 is 0.352 bits per heavy atom. The maximum atomic E-state index is 5.26. The summed E-state index contributed by atoms with van der Waals surface area (Å²) in [6.07, 6.45) is 0. The van der Waals surface area contributed by atoms with Crippen molar-refractivity contribution >= 4 is 0 Å². The van der Waals surface area contributed by atoms with Gasteiger partial charge in [-0.2, -0.15) is 0 Å². The topological polar surface area (TPSA) is 12.9 Å². The van der Waals surface area contributed by atoms with Crippen LogP contribution in [0.5, 0.6) is 0 Å². The molecule has 54 heavy (non-hydrogen) atoms. The molecule has 9 rings (SSSR count). The zero-order chi connectivity index (χ0) is 36.1. The maximum absolute atomic E-state index is 5.26. The van der Waals surface area contributed by atoms with E-state index in [1.807, 2.05) is 0 Å². The molecule has 0 aliphatic carbocycles. The fourth-order valence-corrected chi connectivity index (χ4v) is 7.12. The van der Waals surface area contributed by atoms with E-state index in [-0.39, 0.29) is 0 Å². The average molecular weight is 688 g/mol. The van der Waals surface area contributed by atoms with Gasteiger partial charge in [-0.3, -0.25) is 0 Å². The Balaban J connectivity index is 1.04. The summed E-state index contributed by atoms with van der Waals surface area (Å²) in [5, 5.41) is 0. The van der Waals surface area contributed by atoms with Gasteiger partial charge in [0.15, 0.2) is 0 Å². The highest BCUT2D eigenvalue weighted by molar-refractivity contribution is 5.80. The zero-order valence-corrected chi connectivity index (χ0v) is 29.8. The minimum atomic E-state index is 0.946. The molecule has 1 heterocycles. The molecule has 0 aliphatic heterocycles. The Morgan fingerprint density at radius 3 is 0.593 bits per heavy atom. The van der Waals surface area contributed by atoms with E-state index < -0.39 is 0 Å². The van der Waals surface area contributed by atoms with Gasteiger partial charge in [0, 0.05) is 11.1 Å². The maximum Gasteiger partial charge on any atom is 0.0715 e. The van der Waals surface area contributed by atoms with E-state index in [9.17, 15) is 0 Å². The summed E-state index contributed by atoms with van der Waals surface area (Å²) in [7, 11) is 0. The largest absolute Gasteiger partial charge is 0.248 e. The molecule has 1 nitrogen and oxygen atoms in total. The standard InChI is InChI=1S/C53H37N/c1-4-10-38(11-5-1)41-16-20-44(21-17-41)46-28-32-49(33-29-46)52-36-51(48-26-24-43(25-27-48)40-14-8-3-9-15-40)37-53(54-52)50-34-30-47(31-35-50)45-22-18-42(19-23-45)39-12-6-2-7-13-39/h1-37H. The second kappa shape index (κ2) is 14.9. The van der Waals surface area contributed by atoms with E-state index in [4.69, 9.17) is 4.98 Å². The minimum absolute atomic E-state index is 0.946. The van der Waals surface area contributed by atoms with Crippen LogP contribution in [0.2, 0.25) is 0 Å². The van der Waals surface area contributed by atoms with Crippen molar-refractivity contribution in [3.05, 3.63) is 224 Å². The van der Waals surface area contributed by atoms with Gasteiger partial charge < -0.3 is 0 Å². The van der Waals surface area contributed by atoms with Crippen molar-refractivity contribution in [1.29, 1.82) is 0 Å². The zero-order valence-electron chi connectivity index (χ0n) is 29.8. The van der Waals surface area contributed by atoms with Crippen LogP contribution in [0.4, 0.5) is 0 Å². The monoisotopic (exact) mass is 687 g/mol. The van der Waals surface area contributed by atoms with Crippen LogP contribution in [-0.2, 0) is 0 Å². The molecule has 0 N–H and O–H groups in total. The summed E-state index contributed by atoms with van der Waals surface area (Å²) < 4.78 is 0. The fourth-order valence-electron chi connectivity index (χ4n) is 7.12. The van der Waals surface area contributed by atoms with E-state index in [1.54, 1.807) is 0 Å². The van der Waals surface area contributed by atoms with Crippen LogP contribution in [0.15, 0.2) is 224 Å². The van der Waals surface area contributed by atoms with Gasteiger partial charge in [0.2, 0.25) is 0 Å². The predicted molar refractivity (Wildman–Crippen MR) is 228 cm³/mol. The van der Waals surface area contributed by atoms with Crippen molar-refractivity contribution in [1.82, 2.24) is 4.98 Å². The second-order valence-electron chi connectivity index (χ2n) is 13.6. The predicted octanol–water partition coefficient (Wildman–Crippen LogP) is 14.4. The molecule has 0 radical (unpaired) electrons. The van der Waals surface area contributed by atoms with E-state index >= 15 is 0 Å². The third-order valence-electron chi connectivity index (χ3n) is 10.2. The van der Waals surface area contributed by atoms with Crippen molar-refractivity contribution in [3.63, 3.8) is 0 Å². The highest BCUT2D eigenvalue weighted by Crippen LogP contribution is 2.34. The number of pyridine rings is 1. The van der Waals surface area contributed by atoms with E-state index in [2.05, 4.69) is 224 Å². The smallest absolute Gasteiger partial charge is 0.0715 e.